The third-order valence-corrected chi connectivity index (χ3v) is 3.40. The second-order valence-electron chi connectivity index (χ2n) is 5.34. The van der Waals surface area contributed by atoms with Crippen LogP contribution in [0.25, 0.3) is 11.1 Å². The van der Waals surface area contributed by atoms with Crippen LogP contribution < -0.4 is 10.1 Å². The van der Waals surface area contributed by atoms with Gasteiger partial charge in [-0.25, -0.2) is 0 Å². The van der Waals surface area contributed by atoms with Gasteiger partial charge in [-0.2, -0.15) is 10.2 Å². The number of nitrogens with one attached hydrogen (secondary N) is 1. The molecule has 2 heterocycles. The molecule has 0 aliphatic rings. The van der Waals surface area contributed by atoms with Crippen molar-refractivity contribution >= 4 is 5.91 Å². The molecule has 0 unspecified atom stereocenters. The van der Waals surface area contributed by atoms with Gasteiger partial charge in [0.1, 0.15) is 18.1 Å². The molecule has 3 rings (SSSR count). The highest BCUT2D eigenvalue weighted by atomic mass is 16.5. The largest absolute Gasteiger partial charge is 0.492 e. The van der Waals surface area contributed by atoms with E-state index < -0.39 is 0 Å². The maximum Gasteiger partial charge on any atom is 0.271 e. The standard InChI is InChI=1S/C17H18N5O2/c1-21-8-6-16(20-21)17(23)18-7-9-24-15-5-3-4-13(10-15)14-11-19-22(2)12-14/h4-6,8,10-12H,7,9H2,1-2H3,(H,18,23). The molecule has 0 aliphatic heterocycles. The summed E-state index contributed by atoms with van der Waals surface area (Å²) in [6.07, 6.45) is 5.45. The summed E-state index contributed by atoms with van der Waals surface area (Å²) in [7, 11) is 3.64. The zero-order chi connectivity index (χ0) is 16.9. The molecule has 3 aromatic rings. The van der Waals surface area contributed by atoms with Gasteiger partial charge in [0.25, 0.3) is 5.91 Å². The van der Waals surface area contributed by atoms with Gasteiger partial charge in [0, 0.05) is 32.1 Å². The number of amides is 1. The zero-order valence-electron chi connectivity index (χ0n) is 13.6. The minimum absolute atomic E-state index is 0.213. The van der Waals surface area contributed by atoms with E-state index >= 15 is 0 Å². The van der Waals surface area contributed by atoms with Gasteiger partial charge >= 0.3 is 0 Å². The maximum absolute atomic E-state index is 11.9. The van der Waals surface area contributed by atoms with Crippen molar-refractivity contribution in [2.45, 2.75) is 0 Å². The van der Waals surface area contributed by atoms with Crippen molar-refractivity contribution in [3.05, 3.63) is 54.6 Å². The number of aromatic nitrogens is 4. The molecule has 2 aromatic heterocycles. The highest BCUT2D eigenvalue weighted by Gasteiger charge is 2.08. The Morgan fingerprint density at radius 2 is 2.17 bits per heavy atom. The molecule has 0 saturated carbocycles. The van der Waals surface area contributed by atoms with E-state index in [1.54, 1.807) is 40.9 Å². The SMILES string of the molecule is Cn1cc(-c2c[c]cc(OCCNC(=O)c3ccn(C)n3)c2)cn1. The summed E-state index contributed by atoms with van der Waals surface area (Å²) in [5.41, 5.74) is 2.38. The summed E-state index contributed by atoms with van der Waals surface area (Å²) in [5.74, 6) is 0.485. The molecular weight excluding hydrogens is 306 g/mol. The first kappa shape index (κ1) is 15.8. The van der Waals surface area contributed by atoms with Crippen molar-refractivity contribution in [3.8, 4) is 16.9 Å². The lowest BCUT2D eigenvalue weighted by atomic mass is 10.1. The van der Waals surface area contributed by atoms with E-state index in [1.165, 1.54) is 0 Å². The van der Waals surface area contributed by atoms with E-state index in [0.717, 1.165) is 11.1 Å². The lowest BCUT2D eigenvalue weighted by Crippen LogP contribution is -2.28. The first-order valence-corrected chi connectivity index (χ1v) is 7.52. The lowest BCUT2D eigenvalue weighted by Gasteiger charge is -2.08. The summed E-state index contributed by atoms with van der Waals surface area (Å²) in [4.78, 5) is 11.9. The predicted molar refractivity (Wildman–Crippen MR) is 88.5 cm³/mol. The third-order valence-electron chi connectivity index (χ3n) is 3.40. The number of hydrogen-bond acceptors (Lipinski definition) is 4. The molecule has 0 aliphatic carbocycles. The first-order valence-electron chi connectivity index (χ1n) is 7.52. The third kappa shape index (κ3) is 3.81. The molecule has 24 heavy (non-hydrogen) atoms. The maximum atomic E-state index is 11.9. The van der Waals surface area contributed by atoms with Gasteiger partial charge in [0.05, 0.1) is 12.7 Å². The van der Waals surface area contributed by atoms with E-state index in [4.69, 9.17) is 4.74 Å². The van der Waals surface area contributed by atoms with Crippen LogP contribution in [0.2, 0.25) is 0 Å². The molecule has 1 amide bonds. The van der Waals surface area contributed by atoms with E-state index in [9.17, 15) is 4.79 Å². The molecule has 123 valence electrons. The number of nitrogens with zero attached hydrogens (tertiary/aromatic N) is 4. The Kier molecular flexibility index (Phi) is 4.60. The number of rotatable bonds is 6. The van der Waals surface area contributed by atoms with Crippen LogP contribution in [-0.4, -0.2) is 38.6 Å². The summed E-state index contributed by atoms with van der Waals surface area (Å²) in [5, 5.41) is 11.0. The Bertz CT molecular complexity index is 837. The van der Waals surface area contributed by atoms with Gasteiger partial charge in [0.15, 0.2) is 0 Å². The second kappa shape index (κ2) is 6.99. The molecule has 0 saturated heterocycles. The molecular formula is C17H18N5O2. The van der Waals surface area contributed by atoms with Crippen molar-refractivity contribution < 1.29 is 9.53 Å². The van der Waals surface area contributed by atoms with Gasteiger partial charge < -0.3 is 10.1 Å². The summed E-state index contributed by atoms with van der Waals surface area (Å²) >= 11 is 0. The molecule has 0 atom stereocenters. The normalized spacial score (nSPS) is 10.6. The van der Waals surface area contributed by atoms with E-state index in [2.05, 4.69) is 21.6 Å². The van der Waals surface area contributed by atoms with Gasteiger partial charge in [0.2, 0.25) is 0 Å². The van der Waals surface area contributed by atoms with Crippen LogP contribution in [0.15, 0.2) is 42.9 Å². The molecule has 0 spiro atoms. The van der Waals surface area contributed by atoms with Gasteiger partial charge in [-0.05, 0) is 35.9 Å². The Labute approximate surface area is 139 Å². The molecule has 7 heteroatoms. The first-order chi connectivity index (χ1) is 11.6. The summed E-state index contributed by atoms with van der Waals surface area (Å²) < 4.78 is 9.00. The average Bonchev–Trinajstić information content (AvgIpc) is 3.20. The average molecular weight is 324 g/mol. The number of aryl methyl sites for hydroxylation is 2. The van der Waals surface area contributed by atoms with Crippen LogP contribution in [-0.2, 0) is 14.1 Å². The smallest absolute Gasteiger partial charge is 0.271 e. The highest BCUT2D eigenvalue weighted by molar-refractivity contribution is 5.92. The van der Waals surface area contributed by atoms with Crippen molar-refractivity contribution in [2.75, 3.05) is 13.2 Å². The predicted octanol–water partition coefficient (Wildman–Crippen LogP) is 1.43. The number of carbonyl (C=O) groups is 1. The molecule has 1 N–H and O–H groups in total. The Hall–Kier alpha value is -3.09. The molecule has 7 nitrogen and oxygen atoms in total. The Morgan fingerprint density at radius 3 is 2.88 bits per heavy atom. The molecule has 0 fully saturated rings. The minimum Gasteiger partial charge on any atom is -0.492 e. The van der Waals surface area contributed by atoms with Gasteiger partial charge in [-0.15, -0.1) is 0 Å². The van der Waals surface area contributed by atoms with E-state index in [-0.39, 0.29) is 5.91 Å². The quantitative estimate of drug-likeness (QED) is 0.696. The topological polar surface area (TPSA) is 74.0 Å². The fraction of sp³-hybridized carbons (Fsp3) is 0.235. The van der Waals surface area contributed by atoms with Crippen LogP contribution in [0.3, 0.4) is 0 Å². The Morgan fingerprint density at radius 1 is 1.29 bits per heavy atom. The fourth-order valence-electron chi connectivity index (χ4n) is 2.23. The van der Waals surface area contributed by atoms with Crippen LogP contribution in [0, 0.1) is 6.07 Å². The lowest BCUT2D eigenvalue weighted by molar-refractivity contribution is 0.0941. The number of hydrogen-bond donors (Lipinski definition) is 1. The highest BCUT2D eigenvalue weighted by Crippen LogP contribution is 2.22. The summed E-state index contributed by atoms with van der Waals surface area (Å²) in [6, 6.07) is 10.3. The van der Waals surface area contributed by atoms with Crippen LogP contribution in [0.1, 0.15) is 10.5 Å². The van der Waals surface area contributed by atoms with Crippen LogP contribution in [0.5, 0.6) is 5.75 Å². The number of benzene rings is 1. The van der Waals surface area contributed by atoms with Gasteiger partial charge in [-0.1, -0.05) is 0 Å². The number of carbonyl (C=O) groups excluding carboxylic acids is 1. The van der Waals surface area contributed by atoms with E-state index in [1.807, 2.05) is 25.4 Å². The molecule has 1 aromatic carbocycles. The molecule has 0 bridgehead atoms. The second-order valence-corrected chi connectivity index (χ2v) is 5.34. The van der Waals surface area contributed by atoms with Crippen molar-refractivity contribution in [2.24, 2.45) is 14.1 Å². The Balaban J connectivity index is 1.51. The van der Waals surface area contributed by atoms with Crippen molar-refractivity contribution in [1.82, 2.24) is 24.9 Å². The zero-order valence-corrected chi connectivity index (χ0v) is 13.6. The van der Waals surface area contributed by atoms with E-state index in [0.29, 0.717) is 24.6 Å². The minimum atomic E-state index is -0.213. The number of ether oxygens (including phenoxy) is 1. The monoisotopic (exact) mass is 324 g/mol. The van der Waals surface area contributed by atoms with Gasteiger partial charge in [-0.3, -0.25) is 14.2 Å². The van der Waals surface area contributed by atoms with Crippen LogP contribution >= 0.6 is 0 Å². The van der Waals surface area contributed by atoms with Crippen molar-refractivity contribution in [1.29, 1.82) is 0 Å². The van der Waals surface area contributed by atoms with Crippen LogP contribution in [0.4, 0.5) is 0 Å². The molecule has 1 radical (unpaired) electrons. The van der Waals surface area contributed by atoms with Crippen molar-refractivity contribution in [3.63, 3.8) is 0 Å². The summed E-state index contributed by atoms with van der Waals surface area (Å²) in [6.45, 7) is 0.759. The fourth-order valence-corrected chi connectivity index (χ4v) is 2.23.